The van der Waals surface area contributed by atoms with Gasteiger partial charge in [-0.15, -0.1) is 0 Å². The summed E-state index contributed by atoms with van der Waals surface area (Å²) >= 11 is 0. The highest BCUT2D eigenvalue weighted by atomic mass is 19.1. The molecule has 0 amide bonds. The summed E-state index contributed by atoms with van der Waals surface area (Å²) in [6.45, 7) is 6.78. The number of aromatic nitrogens is 3. The molecule has 1 N–H and O–H groups in total. The molecule has 0 spiro atoms. The summed E-state index contributed by atoms with van der Waals surface area (Å²) in [5, 5.41) is 3.11. The maximum Gasteiger partial charge on any atom is 0.186 e. The standard InChI is InChI=1S/C16H21FN4/c1-4-14-15(17)16(21-10-20-14)19-9-13(11(2)3)12-6-5-7-18-8-12/h5-8,10-11,13H,4,9H2,1-3H3,(H,19,20,21). The topological polar surface area (TPSA) is 50.7 Å². The van der Waals surface area contributed by atoms with E-state index in [-0.39, 0.29) is 17.6 Å². The van der Waals surface area contributed by atoms with Gasteiger partial charge in [0.2, 0.25) is 0 Å². The number of nitrogens with one attached hydrogen (secondary N) is 1. The molecule has 2 aromatic rings. The van der Waals surface area contributed by atoms with Crippen LogP contribution < -0.4 is 5.32 Å². The first-order chi connectivity index (χ1) is 10.1. The van der Waals surface area contributed by atoms with E-state index in [4.69, 9.17) is 0 Å². The number of nitrogens with zero attached hydrogens (tertiary/aromatic N) is 3. The van der Waals surface area contributed by atoms with Gasteiger partial charge in [-0.25, -0.2) is 14.4 Å². The minimum atomic E-state index is -0.353. The Morgan fingerprint density at radius 3 is 2.71 bits per heavy atom. The summed E-state index contributed by atoms with van der Waals surface area (Å²) in [5.74, 6) is 0.584. The SMILES string of the molecule is CCc1ncnc(NCC(c2cccnc2)C(C)C)c1F. The second-order valence-corrected chi connectivity index (χ2v) is 5.35. The van der Waals surface area contributed by atoms with Gasteiger partial charge >= 0.3 is 0 Å². The zero-order chi connectivity index (χ0) is 15.2. The number of rotatable bonds is 6. The molecule has 112 valence electrons. The second kappa shape index (κ2) is 7.11. The van der Waals surface area contributed by atoms with Crippen LogP contribution in [-0.4, -0.2) is 21.5 Å². The monoisotopic (exact) mass is 288 g/mol. The fraction of sp³-hybridized carbons (Fsp3) is 0.438. The van der Waals surface area contributed by atoms with E-state index < -0.39 is 0 Å². The fourth-order valence-corrected chi connectivity index (χ4v) is 2.32. The fourth-order valence-electron chi connectivity index (χ4n) is 2.32. The van der Waals surface area contributed by atoms with Gasteiger partial charge in [0.1, 0.15) is 6.33 Å². The minimum absolute atomic E-state index is 0.248. The molecule has 2 aromatic heterocycles. The van der Waals surface area contributed by atoms with Crippen LogP contribution in [0.5, 0.6) is 0 Å². The third-order valence-electron chi connectivity index (χ3n) is 3.60. The zero-order valence-electron chi connectivity index (χ0n) is 12.7. The Bertz CT molecular complexity index is 572. The highest BCUT2D eigenvalue weighted by molar-refractivity contribution is 5.38. The van der Waals surface area contributed by atoms with Crippen molar-refractivity contribution in [2.24, 2.45) is 5.92 Å². The Kier molecular flexibility index (Phi) is 5.20. The summed E-state index contributed by atoms with van der Waals surface area (Å²) in [5.41, 5.74) is 1.58. The highest BCUT2D eigenvalue weighted by Crippen LogP contribution is 2.24. The predicted molar refractivity (Wildman–Crippen MR) is 81.7 cm³/mol. The van der Waals surface area contributed by atoms with Crippen molar-refractivity contribution in [2.45, 2.75) is 33.1 Å². The highest BCUT2D eigenvalue weighted by Gasteiger charge is 2.17. The van der Waals surface area contributed by atoms with Crippen molar-refractivity contribution < 1.29 is 4.39 Å². The molecule has 0 aliphatic rings. The van der Waals surface area contributed by atoms with Gasteiger partial charge in [0, 0.05) is 24.9 Å². The van der Waals surface area contributed by atoms with Crippen molar-refractivity contribution in [1.29, 1.82) is 0 Å². The molecule has 0 saturated heterocycles. The quantitative estimate of drug-likeness (QED) is 0.885. The number of halogens is 1. The van der Waals surface area contributed by atoms with Crippen LogP contribution in [0.4, 0.5) is 10.2 Å². The summed E-state index contributed by atoms with van der Waals surface area (Å²) < 4.78 is 14.1. The van der Waals surface area contributed by atoms with Crippen LogP contribution in [-0.2, 0) is 6.42 Å². The van der Waals surface area contributed by atoms with Crippen LogP contribution >= 0.6 is 0 Å². The molecule has 1 unspecified atom stereocenters. The molecule has 21 heavy (non-hydrogen) atoms. The number of aryl methyl sites for hydroxylation is 1. The Balaban J connectivity index is 2.13. The van der Waals surface area contributed by atoms with Gasteiger partial charge in [-0.2, -0.15) is 0 Å². The summed E-state index contributed by atoms with van der Waals surface area (Å²) in [4.78, 5) is 12.1. The molecular formula is C16H21FN4. The van der Waals surface area contributed by atoms with Gasteiger partial charge in [-0.05, 0) is 24.0 Å². The summed E-state index contributed by atoms with van der Waals surface area (Å²) in [7, 11) is 0. The number of hydrogen-bond acceptors (Lipinski definition) is 4. The van der Waals surface area contributed by atoms with E-state index in [1.807, 2.05) is 25.3 Å². The molecule has 4 nitrogen and oxygen atoms in total. The van der Waals surface area contributed by atoms with E-state index >= 15 is 0 Å². The molecular weight excluding hydrogens is 267 g/mol. The number of hydrogen-bond donors (Lipinski definition) is 1. The summed E-state index contributed by atoms with van der Waals surface area (Å²) in [6, 6.07) is 3.97. The maximum absolute atomic E-state index is 14.1. The minimum Gasteiger partial charge on any atom is -0.367 e. The van der Waals surface area contributed by atoms with Gasteiger partial charge < -0.3 is 5.32 Å². The molecule has 0 aliphatic heterocycles. The average molecular weight is 288 g/mol. The molecule has 0 saturated carbocycles. The van der Waals surface area contributed by atoms with Crippen LogP contribution in [0, 0.1) is 11.7 Å². The van der Waals surface area contributed by atoms with Crippen molar-refractivity contribution in [3.05, 3.63) is 47.9 Å². The van der Waals surface area contributed by atoms with Crippen molar-refractivity contribution in [1.82, 2.24) is 15.0 Å². The second-order valence-electron chi connectivity index (χ2n) is 5.35. The van der Waals surface area contributed by atoms with E-state index in [0.717, 1.165) is 5.56 Å². The Labute approximate surface area is 124 Å². The van der Waals surface area contributed by atoms with Gasteiger partial charge in [0.05, 0.1) is 5.69 Å². The Morgan fingerprint density at radius 2 is 2.10 bits per heavy atom. The van der Waals surface area contributed by atoms with E-state index in [9.17, 15) is 4.39 Å². The lowest BCUT2D eigenvalue weighted by Crippen LogP contribution is -2.19. The lowest BCUT2D eigenvalue weighted by atomic mass is 9.89. The largest absolute Gasteiger partial charge is 0.367 e. The lowest BCUT2D eigenvalue weighted by Gasteiger charge is -2.22. The predicted octanol–water partition coefficient (Wildman–Crippen LogP) is 3.42. The van der Waals surface area contributed by atoms with Gasteiger partial charge in [0.15, 0.2) is 11.6 Å². The molecule has 1 atom stereocenters. The molecule has 0 aromatic carbocycles. The average Bonchev–Trinajstić information content (AvgIpc) is 2.50. The first-order valence-corrected chi connectivity index (χ1v) is 7.26. The Hall–Kier alpha value is -2.04. The molecule has 2 heterocycles. The molecule has 5 heteroatoms. The van der Waals surface area contributed by atoms with E-state index in [2.05, 4.69) is 34.1 Å². The third kappa shape index (κ3) is 3.74. The first-order valence-electron chi connectivity index (χ1n) is 7.26. The van der Waals surface area contributed by atoms with Crippen LogP contribution in [0.15, 0.2) is 30.9 Å². The van der Waals surface area contributed by atoms with Crippen LogP contribution in [0.1, 0.15) is 37.9 Å². The first kappa shape index (κ1) is 15.4. The zero-order valence-corrected chi connectivity index (χ0v) is 12.7. The summed E-state index contributed by atoms with van der Waals surface area (Å²) in [6.07, 6.45) is 5.57. The van der Waals surface area contributed by atoms with Gasteiger partial charge in [0.25, 0.3) is 0 Å². The third-order valence-corrected chi connectivity index (χ3v) is 3.60. The van der Waals surface area contributed by atoms with Crippen molar-refractivity contribution in [3.8, 4) is 0 Å². The molecule has 0 fully saturated rings. The van der Waals surface area contributed by atoms with Gasteiger partial charge in [-0.1, -0.05) is 26.8 Å². The molecule has 0 radical (unpaired) electrons. The Morgan fingerprint density at radius 1 is 1.29 bits per heavy atom. The number of pyridine rings is 1. The molecule has 0 aliphatic carbocycles. The van der Waals surface area contributed by atoms with E-state index in [1.54, 1.807) is 6.20 Å². The van der Waals surface area contributed by atoms with Crippen molar-refractivity contribution in [3.63, 3.8) is 0 Å². The lowest BCUT2D eigenvalue weighted by molar-refractivity contribution is 0.512. The smallest absolute Gasteiger partial charge is 0.186 e. The van der Waals surface area contributed by atoms with Crippen LogP contribution in [0.25, 0.3) is 0 Å². The van der Waals surface area contributed by atoms with Crippen molar-refractivity contribution >= 4 is 5.82 Å². The molecule has 0 bridgehead atoms. The van der Waals surface area contributed by atoms with Crippen LogP contribution in [0.3, 0.4) is 0 Å². The maximum atomic E-state index is 14.1. The van der Waals surface area contributed by atoms with Gasteiger partial charge in [-0.3, -0.25) is 4.98 Å². The normalized spacial score (nSPS) is 12.4. The van der Waals surface area contributed by atoms with Crippen molar-refractivity contribution in [2.75, 3.05) is 11.9 Å². The number of anilines is 1. The molecule has 2 rings (SSSR count). The van der Waals surface area contributed by atoms with E-state index in [0.29, 0.717) is 24.6 Å². The van der Waals surface area contributed by atoms with E-state index in [1.165, 1.54) is 6.33 Å². The van der Waals surface area contributed by atoms with Crippen LogP contribution in [0.2, 0.25) is 0 Å².